The van der Waals surface area contributed by atoms with E-state index in [2.05, 4.69) is 6.92 Å². The zero-order valence-corrected chi connectivity index (χ0v) is 14.2. The molecule has 1 saturated heterocycles. The molecule has 2 aliphatic carbocycles. The molecule has 2 bridgehead atoms. The SMILES string of the molecule is CC1CCN(C(=O)c2ccc3nc4c(nc3c2)C2CCC4C2)CC1. The summed E-state index contributed by atoms with van der Waals surface area (Å²) in [4.78, 5) is 24.6. The highest BCUT2D eigenvalue weighted by molar-refractivity contribution is 5.97. The van der Waals surface area contributed by atoms with E-state index >= 15 is 0 Å². The molecule has 1 amide bonds. The van der Waals surface area contributed by atoms with Crippen LogP contribution >= 0.6 is 0 Å². The van der Waals surface area contributed by atoms with Gasteiger partial charge in [-0.2, -0.15) is 0 Å². The van der Waals surface area contributed by atoms with Crippen molar-refractivity contribution in [3.63, 3.8) is 0 Å². The third-order valence-electron chi connectivity index (χ3n) is 6.24. The van der Waals surface area contributed by atoms with Gasteiger partial charge in [-0.05, 0) is 56.2 Å². The summed E-state index contributed by atoms with van der Waals surface area (Å²) < 4.78 is 0. The molecule has 0 radical (unpaired) electrons. The van der Waals surface area contributed by atoms with Crippen molar-refractivity contribution in [2.24, 2.45) is 5.92 Å². The maximum Gasteiger partial charge on any atom is 0.253 e. The van der Waals surface area contributed by atoms with Crippen LogP contribution in [0.25, 0.3) is 11.0 Å². The van der Waals surface area contributed by atoms with Crippen LogP contribution in [0.4, 0.5) is 0 Å². The molecule has 124 valence electrons. The van der Waals surface area contributed by atoms with Gasteiger partial charge in [-0.3, -0.25) is 4.79 Å². The molecule has 2 heterocycles. The minimum Gasteiger partial charge on any atom is -0.339 e. The van der Waals surface area contributed by atoms with Crippen molar-refractivity contribution in [1.29, 1.82) is 0 Å². The van der Waals surface area contributed by atoms with Gasteiger partial charge in [0.25, 0.3) is 5.91 Å². The van der Waals surface area contributed by atoms with E-state index in [-0.39, 0.29) is 5.91 Å². The van der Waals surface area contributed by atoms with Crippen molar-refractivity contribution in [2.45, 2.75) is 50.9 Å². The molecule has 0 spiro atoms. The molecule has 2 aromatic rings. The number of likely N-dealkylation sites (tertiary alicyclic amines) is 1. The Morgan fingerprint density at radius 2 is 1.67 bits per heavy atom. The largest absolute Gasteiger partial charge is 0.339 e. The Kier molecular flexibility index (Phi) is 3.15. The predicted octanol–water partition coefficient (Wildman–Crippen LogP) is 3.87. The normalized spacial score (nSPS) is 26.1. The van der Waals surface area contributed by atoms with Crippen LogP contribution in [0.15, 0.2) is 18.2 Å². The second-order valence-electron chi connectivity index (χ2n) is 7.88. The van der Waals surface area contributed by atoms with Crippen LogP contribution in [-0.4, -0.2) is 33.9 Å². The fourth-order valence-electron chi connectivity index (χ4n) is 4.69. The van der Waals surface area contributed by atoms with Crippen molar-refractivity contribution >= 4 is 16.9 Å². The van der Waals surface area contributed by atoms with Crippen LogP contribution in [0.5, 0.6) is 0 Å². The van der Waals surface area contributed by atoms with Crippen LogP contribution in [0.2, 0.25) is 0 Å². The van der Waals surface area contributed by atoms with Crippen LogP contribution in [-0.2, 0) is 0 Å². The van der Waals surface area contributed by atoms with Gasteiger partial charge in [0, 0.05) is 30.5 Å². The third-order valence-corrected chi connectivity index (χ3v) is 6.24. The van der Waals surface area contributed by atoms with Gasteiger partial charge in [-0.1, -0.05) is 6.92 Å². The first-order chi connectivity index (χ1) is 11.7. The van der Waals surface area contributed by atoms with E-state index in [9.17, 15) is 4.79 Å². The van der Waals surface area contributed by atoms with Crippen molar-refractivity contribution in [3.05, 3.63) is 35.2 Å². The Balaban J connectivity index is 1.49. The quantitative estimate of drug-likeness (QED) is 0.801. The van der Waals surface area contributed by atoms with Gasteiger partial charge in [0.05, 0.1) is 22.4 Å². The van der Waals surface area contributed by atoms with E-state index in [4.69, 9.17) is 9.97 Å². The fourth-order valence-corrected chi connectivity index (χ4v) is 4.69. The van der Waals surface area contributed by atoms with Crippen molar-refractivity contribution < 1.29 is 4.79 Å². The van der Waals surface area contributed by atoms with Gasteiger partial charge in [0.1, 0.15) is 0 Å². The van der Waals surface area contributed by atoms with Crippen LogP contribution in [0.3, 0.4) is 0 Å². The van der Waals surface area contributed by atoms with Gasteiger partial charge in [-0.25, -0.2) is 9.97 Å². The molecular formula is C20H23N3O. The summed E-state index contributed by atoms with van der Waals surface area (Å²) in [6.45, 7) is 4.01. The molecule has 1 saturated carbocycles. The molecule has 2 unspecified atom stereocenters. The molecule has 0 N–H and O–H groups in total. The molecule has 1 aromatic heterocycles. The second-order valence-corrected chi connectivity index (χ2v) is 7.88. The van der Waals surface area contributed by atoms with E-state index in [0.29, 0.717) is 11.8 Å². The first-order valence-electron chi connectivity index (χ1n) is 9.30. The minimum atomic E-state index is 0.146. The highest BCUT2D eigenvalue weighted by Crippen LogP contribution is 2.51. The average Bonchev–Trinajstić information content (AvgIpc) is 3.22. The Morgan fingerprint density at radius 3 is 2.38 bits per heavy atom. The lowest BCUT2D eigenvalue weighted by molar-refractivity contribution is 0.0697. The fraction of sp³-hybridized carbons (Fsp3) is 0.550. The number of rotatable bonds is 1. The standard InChI is InChI=1S/C20H23N3O/c1-12-6-8-23(9-7-12)20(24)15-4-5-16-17(11-15)22-19-14-3-2-13(10-14)18(19)21-16/h4-5,11-14H,2-3,6-10H2,1H3. The van der Waals surface area contributed by atoms with E-state index < -0.39 is 0 Å². The van der Waals surface area contributed by atoms with Gasteiger partial charge in [0.2, 0.25) is 0 Å². The van der Waals surface area contributed by atoms with Crippen molar-refractivity contribution in [2.75, 3.05) is 13.1 Å². The third kappa shape index (κ3) is 2.15. The van der Waals surface area contributed by atoms with Gasteiger partial charge in [0.15, 0.2) is 0 Å². The summed E-state index contributed by atoms with van der Waals surface area (Å²) in [6, 6.07) is 5.86. The molecule has 4 nitrogen and oxygen atoms in total. The number of carbonyl (C=O) groups is 1. The summed E-state index contributed by atoms with van der Waals surface area (Å²) in [6.07, 6.45) is 5.96. The van der Waals surface area contributed by atoms with Gasteiger partial charge < -0.3 is 4.90 Å². The molecule has 3 aliphatic rings. The average molecular weight is 321 g/mol. The second kappa shape index (κ2) is 5.27. The number of nitrogens with zero attached hydrogens (tertiary/aromatic N) is 3. The number of fused-ring (bicyclic) bond motifs is 6. The zero-order valence-electron chi connectivity index (χ0n) is 14.2. The molecular weight excluding hydrogens is 298 g/mol. The highest BCUT2D eigenvalue weighted by Gasteiger charge is 2.39. The number of aromatic nitrogens is 2. The molecule has 1 aromatic carbocycles. The molecule has 24 heavy (non-hydrogen) atoms. The Labute approximate surface area is 142 Å². The molecule has 4 heteroatoms. The molecule has 2 atom stereocenters. The van der Waals surface area contributed by atoms with Crippen LogP contribution in [0, 0.1) is 5.92 Å². The molecule has 2 fully saturated rings. The first-order valence-corrected chi connectivity index (χ1v) is 9.30. The van der Waals surface area contributed by atoms with E-state index in [0.717, 1.165) is 48.4 Å². The number of amides is 1. The smallest absolute Gasteiger partial charge is 0.253 e. The highest BCUT2D eigenvalue weighted by atomic mass is 16.2. The number of piperidine rings is 1. The van der Waals surface area contributed by atoms with Crippen molar-refractivity contribution in [1.82, 2.24) is 14.9 Å². The first kappa shape index (κ1) is 14.4. The van der Waals surface area contributed by atoms with Crippen LogP contribution < -0.4 is 0 Å². The lowest BCUT2D eigenvalue weighted by atomic mass is 9.98. The van der Waals surface area contributed by atoms with Gasteiger partial charge in [-0.15, -0.1) is 0 Å². The van der Waals surface area contributed by atoms with Gasteiger partial charge >= 0.3 is 0 Å². The van der Waals surface area contributed by atoms with Crippen LogP contribution in [0.1, 0.15) is 72.6 Å². The zero-order chi connectivity index (χ0) is 16.3. The van der Waals surface area contributed by atoms with E-state index in [1.54, 1.807) is 0 Å². The number of hydrogen-bond acceptors (Lipinski definition) is 3. The summed E-state index contributed by atoms with van der Waals surface area (Å²) in [5.41, 5.74) is 5.01. The van der Waals surface area contributed by atoms with Crippen molar-refractivity contribution in [3.8, 4) is 0 Å². The summed E-state index contributed by atoms with van der Waals surface area (Å²) in [7, 11) is 0. The lowest BCUT2D eigenvalue weighted by Crippen LogP contribution is -2.37. The Bertz CT molecular complexity index is 823. The lowest BCUT2D eigenvalue weighted by Gasteiger charge is -2.30. The topological polar surface area (TPSA) is 46.1 Å². The maximum absolute atomic E-state index is 12.8. The number of hydrogen-bond donors (Lipinski definition) is 0. The monoisotopic (exact) mass is 321 g/mol. The number of carbonyl (C=O) groups excluding carboxylic acids is 1. The predicted molar refractivity (Wildman–Crippen MR) is 93.2 cm³/mol. The summed E-state index contributed by atoms with van der Waals surface area (Å²) in [5, 5.41) is 0. The summed E-state index contributed by atoms with van der Waals surface area (Å²) >= 11 is 0. The minimum absolute atomic E-state index is 0.146. The molecule has 5 rings (SSSR count). The molecule has 1 aliphatic heterocycles. The van der Waals surface area contributed by atoms with E-state index in [1.807, 2.05) is 23.1 Å². The maximum atomic E-state index is 12.8. The van der Waals surface area contributed by atoms with E-state index in [1.165, 1.54) is 30.7 Å². The summed E-state index contributed by atoms with van der Waals surface area (Å²) in [5.74, 6) is 2.10. The number of benzene rings is 1. The Morgan fingerprint density at radius 1 is 1.00 bits per heavy atom. The Hall–Kier alpha value is -1.97.